The first-order valence-electron chi connectivity index (χ1n) is 4.61. The molecule has 86 valence electrons. The minimum atomic E-state index is -3.16. The maximum Gasteiger partial charge on any atom is 0.211 e. The third-order valence-corrected chi connectivity index (χ3v) is 4.67. The number of alkyl halides is 1. The summed E-state index contributed by atoms with van der Waals surface area (Å²) in [7, 11) is -3.16. The Bertz CT molecular complexity index is 400. The predicted molar refractivity (Wildman–Crippen MR) is 65.0 cm³/mol. The summed E-state index contributed by atoms with van der Waals surface area (Å²) >= 11 is 7.00. The second kappa shape index (κ2) is 5.84. The van der Waals surface area contributed by atoms with Crippen LogP contribution in [-0.4, -0.2) is 20.1 Å². The molecule has 0 spiro atoms. The number of thiophene rings is 1. The molecule has 1 heterocycles. The van der Waals surface area contributed by atoms with Crippen LogP contribution in [0, 0.1) is 6.92 Å². The van der Waals surface area contributed by atoms with Crippen molar-refractivity contribution < 1.29 is 8.42 Å². The first-order valence-corrected chi connectivity index (χ1v) is 7.68. The Labute approximate surface area is 99.5 Å². The molecule has 3 nitrogen and oxygen atoms in total. The van der Waals surface area contributed by atoms with E-state index in [1.807, 2.05) is 18.4 Å². The monoisotopic (exact) mass is 267 g/mol. The Morgan fingerprint density at radius 3 is 2.80 bits per heavy atom. The summed E-state index contributed by atoms with van der Waals surface area (Å²) in [6.07, 6.45) is 0.486. The Kier molecular flexibility index (Phi) is 5.05. The smallest absolute Gasteiger partial charge is 0.211 e. The minimum Gasteiger partial charge on any atom is -0.212 e. The molecule has 0 bridgehead atoms. The zero-order valence-electron chi connectivity index (χ0n) is 8.49. The van der Waals surface area contributed by atoms with Gasteiger partial charge in [-0.05, 0) is 30.4 Å². The molecule has 6 heteroatoms. The van der Waals surface area contributed by atoms with Gasteiger partial charge in [0.15, 0.2) is 0 Å². The molecule has 1 N–H and O–H groups in total. The number of nitrogens with one attached hydrogen (secondary N) is 1. The molecule has 0 saturated carbocycles. The lowest BCUT2D eigenvalue weighted by Gasteiger charge is -2.04. The summed E-state index contributed by atoms with van der Waals surface area (Å²) in [4.78, 5) is 1.06. The van der Waals surface area contributed by atoms with Crippen LogP contribution in [0.2, 0.25) is 0 Å². The first-order chi connectivity index (χ1) is 7.05. The molecule has 0 aliphatic carbocycles. The average molecular weight is 268 g/mol. The fourth-order valence-electron chi connectivity index (χ4n) is 1.08. The summed E-state index contributed by atoms with van der Waals surface area (Å²) < 4.78 is 25.4. The molecule has 0 fully saturated rings. The van der Waals surface area contributed by atoms with Gasteiger partial charge in [0.1, 0.15) is 0 Å². The Hall–Kier alpha value is -0.100. The van der Waals surface area contributed by atoms with Crippen LogP contribution in [0.3, 0.4) is 0 Å². The van der Waals surface area contributed by atoms with Gasteiger partial charge in [0.05, 0.1) is 5.75 Å². The molecule has 0 atom stereocenters. The van der Waals surface area contributed by atoms with E-state index in [4.69, 9.17) is 11.6 Å². The minimum absolute atomic E-state index is 0.0981. The summed E-state index contributed by atoms with van der Waals surface area (Å²) in [5, 5.41) is 1.96. The Morgan fingerprint density at radius 1 is 1.53 bits per heavy atom. The molecule has 0 unspecified atom stereocenters. The van der Waals surface area contributed by atoms with E-state index < -0.39 is 10.0 Å². The van der Waals surface area contributed by atoms with E-state index in [1.165, 1.54) is 0 Å². The molecule has 0 saturated heterocycles. The number of sulfonamides is 1. The largest absolute Gasteiger partial charge is 0.212 e. The van der Waals surface area contributed by atoms with E-state index in [1.54, 1.807) is 11.3 Å². The van der Waals surface area contributed by atoms with E-state index in [0.29, 0.717) is 18.8 Å². The van der Waals surface area contributed by atoms with E-state index in [2.05, 4.69) is 4.72 Å². The quantitative estimate of drug-likeness (QED) is 0.803. The van der Waals surface area contributed by atoms with Crippen LogP contribution in [0.5, 0.6) is 0 Å². The molecule has 1 aromatic heterocycles. The highest BCUT2D eigenvalue weighted by Crippen LogP contribution is 2.15. The van der Waals surface area contributed by atoms with Gasteiger partial charge in [0.25, 0.3) is 0 Å². The molecule has 0 radical (unpaired) electrons. The molecule has 0 amide bonds. The molecule has 1 aromatic rings. The average Bonchev–Trinajstić information content (AvgIpc) is 2.58. The van der Waals surface area contributed by atoms with E-state index in [0.717, 1.165) is 10.4 Å². The lowest BCUT2D eigenvalue weighted by molar-refractivity contribution is 0.580. The van der Waals surface area contributed by atoms with Crippen molar-refractivity contribution in [1.82, 2.24) is 4.72 Å². The van der Waals surface area contributed by atoms with Crippen molar-refractivity contribution in [2.75, 3.05) is 11.6 Å². The topological polar surface area (TPSA) is 46.2 Å². The molecule has 0 aliphatic heterocycles. The third-order valence-electron chi connectivity index (χ3n) is 1.97. The maximum absolute atomic E-state index is 11.4. The van der Waals surface area contributed by atoms with Gasteiger partial charge in [-0.15, -0.1) is 22.9 Å². The molecule has 1 rings (SSSR count). The van der Waals surface area contributed by atoms with Crippen LogP contribution in [0.25, 0.3) is 0 Å². The van der Waals surface area contributed by atoms with Crippen molar-refractivity contribution >= 4 is 33.0 Å². The van der Waals surface area contributed by atoms with E-state index in [9.17, 15) is 8.42 Å². The lowest BCUT2D eigenvalue weighted by Crippen LogP contribution is -2.26. The summed E-state index contributed by atoms with van der Waals surface area (Å²) in [5.74, 6) is 0.472. The van der Waals surface area contributed by atoms with Gasteiger partial charge in [-0.2, -0.15) is 0 Å². The number of hydrogen-bond donors (Lipinski definition) is 1. The highest BCUT2D eigenvalue weighted by Gasteiger charge is 2.10. The van der Waals surface area contributed by atoms with Crippen molar-refractivity contribution in [2.24, 2.45) is 0 Å². The molecule has 15 heavy (non-hydrogen) atoms. The summed E-state index contributed by atoms with van der Waals surface area (Å²) in [5.41, 5.74) is 1.13. The highest BCUT2D eigenvalue weighted by molar-refractivity contribution is 7.89. The highest BCUT2D eigenvalue weighted by atomic mass is 35.5. The van der Waals surface area contributed by atoms with Crippen molar-refractivity contribution in [3.8, 4) is 0 Å². The number of hydrogen-bond acceptors (Lipinski definition) is 3. The Morgan fingerprint density at radius 2 is 2.27 bits per heavy atom. The number of rotatable bonds is 6. The van der Waals surface area contributed by atoms with Crippen LogP contribution in [0.15, 0.2) is 11.4 Å². The zero-order chi connectivity index (χ0) is 11.3. The normalized spacial score (nSPS) is 11.9. The molecule has 0 aromatic carbocycles. The number of halogens is 1. The van der Waals surface area contributed by atoms with Crippen molar-refractivity contribution in [1.29, 1.82) is 0 Å². The first kappa shape index (κ1) is 13.0. The lowest BCUT2D eigenvalue weighted by atomic mass is 10.3. The van der Waals surface area contributed by atoms with Gasteiger partial charge in [0, 0.05) is 17.3 Å². The Balaban J connectivity index is 2.46. The summed E-state index contributed by atoms with van der Waals surface area (Å²) in [6, 6.07) is 1.98. The fourth-order valence-corrected chi connectivity index (χ4v) is 3.34. The van der Waals surface area contributed by atoms with Gasteiger partial charge in [0.2, 0.25) is 10.0 Å². The van der Waals surface area contributed by atoms with Crippen LogP contribution in [0.1, 0.15) is 16.9 Å². The van der Waals surface area contributed by atoms with Crippen molar-refractivity contribution in [3.05, 3.63) is 21.9 Å². The van der Waals surface area contributed by atoms with Gasteiger partial charge < -0.3 is 0 Å². The van der Waals surface area contributed by atoms with Gasteiger partial charge in [-0.1, -0.05) is 0 Å². The van der Waals surface area contributed by atoms with Crippen LogP contribution < -0.4 is 4.72 Å². The summed E-state index contributed by atoms with van der Waals surface area (Å²) in [6.45, 7) is 2.35. The van der Waals surface area contributed by atoms with E-state index in [-0.39, 0.29) is 5.75 Å². The molecular formula is C9H14ClNO2S2. The van der Waals surface area contributed by atoms with Gasteiger partial charge in [-0.25, -0.2) is 13.1 Å². The van der Waals surface area contributed by atoms with Crippen LogP contribution in [0.4, 0.5) is 0 Å². The van der Waals surface area contributed by atoms with Gasteiger partial charge in [-0.3, -0.25) is 0 Å². The third kappa shape index (κ3) is 4.51. The van der Waals surface area contributed by atoms with Crippen molar-refractivity contribution in [2.45, 2.75) is 19.9 Å². The van der Waals surface area contributed by atoms with Crippen molar-refractivity contribution in [3.63, 3.8) is 0 Å². The second-order valence-corrected chi connectivity index (χ2v) is 6.51. The predicted octanol–water partition coefficient (Wildman–Crippen LogP) is 2.10. The second-order valence-electron chi connectivity index (χ2n) is 3.21. The number of aryl methyl sites for hydroxylation is 1. The van der Waals surface area contributed by atoms with Gasteiger partial charge >= 0.3 is 0 Å². The molecular weight excluding hydrogens is 254 g/mol. The van der Waals surface area contributed by atoms with Crippen LogP contribution in [-0.2, 0) is 16.6 Å². The zero-order valence-corrected chi connectivity index (χ0v) is 10.9. The fraction of sp³-hybridized carbons (Fsp3) is 0.556. The maximum atomic E-state index is 11.4. The SMILES string of the molecule is Cc1ccsc1CNS(=O)(=O)CCCCl. The van der Waals surface area contributed by atoms with E-state index >= 15 is 0 Å². The molecule has 0 aliphatic rings. The van der Waals surface area contributed by atoms with Crippen LogP contribution >= 0.6 is 22.9 Å². The standard InChI is InChI=1S/C9H14ClNO2S2/c1-8-3-5-14-9(8)7-11-15(12,13)6-2-4-10/h3,5,11H,2,4,6-7H2,1H3.